The highest BCUT2D eigenvalue weighted by molar-refractivity contribution is 9.10. The predicted molar refractivity (Wildman–Crippen MR) is 99.9 cm³/mol. The van der Waals surface area contributed by atoms with Crippen molar-refractivity contribution in [2.24, 2.45) is 0 Å². The molecule has 0 amide bonds. The Morgan fingerprint density at radius 3 is 1.82 bits per heavy atom. The summed E-state index contributed by atoms with van der Waals surface area (Å²) >= 11 is 4.17. The third-order valence-corrected chi connectivity index (χ3v) is 4.97. The van der Waals surface area contributed by atoms with Crippen LogP contribution in [0.5, 0.6) is 0 Å². The Bertz CT molecular complexity index is 1010. The molecular weight excluding hydrogens is 494 g/mol. The maximum Gasteiger partial charge on any atom is 0.416 e. The van der Waals surface area contributed by atoms with E-state index in [2.05, 4.69) is 15.9 Å². The van der Waals surface area contributed by atoms with Crippen LogP contribution in [0.1, 0.15) is 11.1 Å². The van der Waals surface area contributed by atoms with E-state index in [1.807, 2.05) is 0 Å². The van der Waals surface area contributed by atoms with Gasteiger partial charge in [0.2, 0.25) is 0 Å². The first kappa shape index (κ1) is 22.5. The van der Waals surface area contributed by atoms with Crippen LogP contribution < -0.4 is 4.80 Å². The van der Waals surface area contributed by atoms with Crippen molar-refractivity contribution in [1.29, 1.82) is 5.41 Å². The Morgan fingerprint density at radius 2 is 1.36 bits per heavy atom. The minimum Gasteiger partial charge on any atom is -0.286 e. The largest absolute Gasteiger partial charge is 0.416 e. The first-order chi connectivity index (χ1) is 12.5. The van der Waals surface area contributed by atoms with Crippen molar-refractivity contribution in [3.8, 4) is 16.9 Å². The van der Waals surface area contributed by atoms with E-state index in [1.165, 1.54) is 5.38 Å². The fraction of sp³-hybridized carbons (Fsp3) is 0.118. The summed E-state index contributed by atoms with van der Waals surface area (Å²) in [5.74, 6) is 0. The summed E-state index contributed by atoms with van der Waals surface area (Å²) in [6.07, 6.45) is -9.90. The van der Waals surface area contributed by atoms with Gasteiger partial charge in [0.05, 0.1) is 16.8 Å². The second-order valence-corrected chi connectivity index (χ2v) is 7.31. The van der Waals surface area contributed by atoms with Crippen LogP contribution in [0.15, 0.2) is 52.3 Å². The second kappa shape index (κ2) is 7.92. The first-order valence-corrected chi connectivity index (χ1v) is 8.95. The van der Waals surface area contributed by atoms with Gasteiger partial charge in [0, 0.05) is 15.5 Å². The molecule has 1 heterocycles. The summed E-state index contributed by atoms with van der Waals surface area (Å²) in [6.45, 7) is 0. The molecule has 2 aromatic carbocycles. The topological polar surface area (TPSA) is 28.8 Å². The van der Waals surface area contributed by atoms with Gasteiger partial charge < -0.3 is 0 Å². The van der Waals surface area contributed by atoms with Crippen LogP contribution in [0, 0.1) is 5.41 Å². The summed E-state index contributed by atoms with van der Waals surface area (Å²) in [7, 11) is 0. The van der Waals surface area contributed by atoms with Crippen LogP contribution in [-0.4, -0.2) is 4.57 Å². The van der Waals surface area contributed by atoms with Crippen molar-refractivity contribution in [3.05, 3.63) is 68.2 Å². The van der Waals surface area contributed by atoms with Gasteiger partial charge in [-0.15, -0.1) is 23.7 Å². The maximum absolute atomic E-state index is 13.1. The quantitative estimate of drug-likeness (QED) is 0.368. The molecule has 0 bridgehead atoms. The number of hydrogen-bond donors (Lipinski definition) is 1. The molecule has 0 fully saturated rings. The number of rotatable bonds is 2. The average Bonchev–Trinajstić information content (AvgIpc) is 2.95. The van der Waals surface area contributed by atoms with Gasteiger partial charge in [-0.05, 0) is 35.9 Å². The van der Waals surface area contributed by atoms with Crippen molar-refractivity contribution >= 4 is 39.7 Å². The highest BCUT2D eigenvalue weighted by Crippen LogP contribution is 2.37. The van der Waals surface area contributed by atoms with Gasteiger partial charge in [0.25, 0.3) is 0 Å². The Labute approximate surface area is 173 Å². The molecule has 0 saturated heterocycles. The molecule has 0 aliphatic rings. The number of hydrogen-bond acceptors (Lipinski definition) is 2. The minimum absolute atomic E-state index is 0. The molecule has 0 aliphatic carbocycles. The van der Waals surface area contributed by atoms with E-state index in [4.69, 9.17) is 5.41 Å². The molecule has 11 heteroatoms. The number of alkyl halides is 6. The maximum atomic E-state index is 13.1. The number of benzene rings is 2. The third kappa shape index (κ3) is 4.61. The van der Waals surface area contributed by atoms with E-state index in [9.17, 15) is 26.3 Å². The minimum atomic E-state index is -4.95. The molecule has 0 unspecified atom stereocenters. The van der Waals surface area contributed by atoms with Crippen molar-refractivity contribution in [3.63, 3.8) is 0 Å². The molecular formula is C17H10BrClF6N2S. The van der Waals surface area contributed by atoms with Gasteiger partial charge in [0.15, 0.2) is 4.80 Å². The zero-order valence-corrected chi connectivity index (χ0v) is 16.7. The van der Waals surface area contributed by atoms with Crippen LogP contribution in [0.2, 0.25) is 0 Å². The molecule has 1 N–H and O–H groups in total. The van der Waals surface area contributed by atoms with E-state index in [0.717, 1.165) is 20.4 Å². The normalized spacial score (nSPS) is 12.0. The first-order valence-electron chi connectivity index (χ1n) is 7.28. The standard InChI is InChI=1S/C17H9BrF6N2S.ClH/c18-12-3-1-9(2-4-12)14-8-27-15(25)26(14)13-6-10(16(19,20)21)5-11(7-13)17(22,23)24;/h1-8,25H;1H. The molecule has 150 valence electrons. The van der Waals surface area contributed by atoms with Crippen LogP contribution >= 0.6 is 39.7 Å². The van der Waals surface area contributed by atoms with Crippen LogP contribution in [0.4, 0.5) is 26.3 Å². The Balaban J connectivity index is 0.00000280. The van der Waals surface area contributed by atoms with E-state index in [-0.39, 0.29) is 29.0 Å². The third-order valence-electron chi connectivity index (χ3n) is 3.70. The molecule has 0 atom stereocenters. The fourth-order valence-electron chi connectivity index (χ4n) is 2.47. The highest BCUT2D eigenvalue weighted by atomic mass is 79.9. The van der Waals surface area contributed by atoms with Crippen molar-refractivity contribution in [2.45, 2.75) is 12.4 Å². The zero-order valence-electron chi connectivity index (χ0n) is 13.5. The predicted octanol–water partition coefficient (Wildman–Crippen LogP) is 6.91. The Hall–Kier alpha value is -1.78. The summed E-state index contributed by atoms with van der Waals surface area (Å²) in [4.78, 5) is -0.194. The van der Waals surface area contributed by atoms with Gasteiger partial charge in [-0.2, -0.15) is 26.3 Å². The molecule has 1 aromatic heterocycles. The molecule has 0 radical (unpaired) electrons. The van der Waals surface area contributed by atoms with Gasteiger partial charge in [-0.1, -0.05) is 28.1 Å². The van der Waals surface area contributed by atoms with Gasteiger partial charge >= 0.3 is 12.4 Å². The molecule has 0 saturated carbocycles. The lowest BCUT2D eigenvalue weighted by Crippen LogP contribution is -2.17. The number of halogens is 8. The summed E-state index contributed by atoms with van der Waals surface area (Å²) in [5.41, 5.74) is -2.34. The second-order valence-electron chi connectivity index (χ2n) is 5.53. The summed E-state index contributed by atoms with van der Waals surface area (Å²) in [5, 5.41) is 9.50. The molecule has 3 aromatic rings. The Kier molecular flexibility index (Phi) is 6.37. The lowest BCUT2D eigenvalue weighted by atomic mass is 10.1. The highest BCUT2D eigenvalue weighted by Gasteiger charge is 2.37. The van der Waals surface area contributed by atoms with Crippen molar-refractivity contribution in [1.82, 2.24) is 4.57 Å². The van der Waals surface area contributed by atoms with Crippen LogP contribution in [0.3, 0.4) is 0 Å². The van der Waals surface area contributed by atoms with E-state index in [0.29, 0.717) is 23.4 Å². The van der Waals surface area contributed by atoms with Gasteiger partial charge in [-0.25, -0.2) is 0 Å². The fourth-order valence-corrected chi connectivity index (χ4v) is 3.51. The van der Waals surface area contributed by atoms with Crippen LogP contribution in [-0.2, 0) is 12.4 Å². The van der Waals surface area contributed by atoms with Crippen molar-refractivity contribution in [2.75, 3.05) is 0 Å². The van der Waals surface area contributed by atoms with Crippen molar-refractivity contribution < 1.29 is 26.3 Å². The average molecular weight is 504 g/mol. The smallest absolute Gasteiger partial charge is 0.286 e. The summed E-state index contributed by atoms with van der Waals surface area (Å²) < 4.78 is 80.6. The Morgan fingerprint density at radius 1 is 0.857 bits per heavy atom. The SMILES string of the molecule is Cl.N=c1scc(-c2ccc(Br)cc2)n1-c1cc(C(F)(F)F)cc(C(F)(F)F)c1. The monoisotopic (exact) mass is 502 g/mol. The van der Waals surface area contributed by atoms with E-state index in [1.54, 1.807) is 24.3 Å². The number of nitrogens with one attached hydrogen (secondary N) is 1. The molecule has 0 aliphatic heterocycles. The molecule has 2 nitrogen and oxygen atoms in total. The molecule has 3 rings (SSSR count). The van der Waals surface area contributed by atoms with Crippen LogP contribution in [0.25, 0.3) is 16.9 Å². The van der Waals surface area contributed by atoms with E-state index >= 15 is 0 Å². The van der Waals surface area contributed by atoms with Gasteiger partial charge in [0.1, 0.15) is 0 Å². The molecule has 0 spiro atoms. The lowest BCUT2D eigenvalue weighted by molar-refractivity contribution is -0.143. The number of thiazole rings is 1. The number of nitrogens with zero attached hydrogens (tertiary/aromatic N) is 1. The number of aromatic nitrogens is 1. The zero-order chi connectivity index (χ0) is 20.0. The molecule has 28 heavy (non-hydrogen) atoms. The summed E-state index contributed by atoms with van der Waals surface area (Å²) in [6, 6.07) is 7.98. The van der Waals surface area contributed by atoms with E-state index < -0.39 is 23.5 Å². The van der Waals surface area contributed by atoms with Gasteiger partial charge in [-0.3, -0.25) is 9.98 Å². The lowest BCUT2D eigenvalue weighted by Gasteiger charge is -2.16.